The molecule has 0 aromatic heterocycles. The molecule has 5 heteroatoms. The van der Waals surface area contributed by atoms with Gasteiger partial charge < -0.3 is 10.6 Å². The molecule has 17 heavy (non-hydrogen) atoms. The normalized spacial score (nSPS) is 11.7. The summed E-state index contributed by atoms with van der Waals surface area (Å²) in [7, 11) is 0. The molecule has 1 amide bonds. The number of unbranched alkanes of at least 4 members (excludes halogenated alkanes) is 1. The Morgan fingerprint density at radius 3 is 2.47 bits per heavy atom. The highest BCUT2D eigenvalue weighted by molar-refractivity contribution is 8.00. The lowest BCUT2D eigenvalue weighted by Crippen LogP contribution is -2.36. The van der Waals surface area contributed by atoms with E-state index in [1.165, 1.54) is 12.8 Å². The molecular weight excluding hydrogens is 256 g/mol. The van der Waals surface area contributed by atoms with Crippen LogP contribution in [0.25, 0.3) is 0 Å². The molecule has 0 aliphatic carbocycles. The quantitative estimate of drug-likeness (QED) is 0.605. The highest BCUT2D eigenvalue weighted by Gasteiger charge is 2.11. The van der Waals surface area contributed by atoms with Crippen LogP contribution in [0.5, 0.6) is 0 Å². The summed E-state index contributed by atoms with van der Waals surface area (Å²) in [5, 5.41) is 6.29. The van der Waals surface area contributed by atoms with Gasteiger partial charge in [-0.15, -0.1) is 24.2 Å². The molecule has 0 bridgehead atoms. The second-order valence-electron chi connectivity index (χ2n) is 3.91. The van der Waals surface area contributed by atoms with Crippen molar-refractivity contribution in [2.24, 2.45) is 0 Å². The average molecular weight is 283 g/mol. The van der Waals surface area contributed by atoms with Gasteiger partial charge in [0.15, 0.2) is 0 Å². The van der Waals surface area contributed by atoms with E-state index in [-0.39, 0.29) is 23.6 Å². The van der Waals surface area contributed by atoms with E-state index in [0.29, 0.717) is 0 Å². The Labute approximate surface area is 116 Å². The first-order valence-electron chi connectivity index (χ1n) is 6.32. The largest absolute Gasteiger partial charge is 0.354 e. The van der Waals surface area contributed by atoms with E-state index in [2.05, 4.69) is 24.5 Å². The Bertz CT molecular complexity index is 182. The molecule has 0 rings (SSSR count). The number of halogens is 1. The predicted octanol–water partition coefficient (Wildman–Crippen LogP) is 2.45. The number of thioether (sulfide) groups is 1. The SMILES string of the molecule is CCCCSC(C)C(=O)NCCNCCC.Cl. The first-order valence-corrected chi connectivity index (χ1v) is 7.37. The number of hydrogen-bond donors (Lipinski definition) is 2. The van der Waals surface area contributed by atoms with Crippen LogP contribution in [-0.2, 0) is 4.79 Å². The van der Waals surface area contributed by atoms with Crippen LogP contribution in [0.1, 0.15) is 40.0 Å². The molecule has 2 N–H and O–H groups in total. The van der Waals surface area contributed by atoms with Crippen LogP contribution in [0.3, 0.4) is 0 Å². The molecule has 0 heterocycles. The Morgan fingerprint density at radius 2 is 1.88 bits per heavy atom. The van der Waals surface area contributed by atoms with Crippen LogP contribution in [-0.4, -0.2) is 36.5 Å². The van der Waals surface area contributed by atoms with E-state index in [9.17, 15) is 4.79 Å². The fourth-order valence-corrected chi connectivity index (χ4v) is 2.24. The molecule has 1 unspecified atom stereocenters. The molecule has 104 valence electrons. The van der Waals surface area contributed by atoms with Gasteiger partial charge in [-0.25, -0.2) is 0 Å². The van der Waals surface area contributed by atoms with Crippen molar-refractivity contribution < 1.29 is 4.79 Å². The minimum absolute atomic E-state index is 0. The van der Waals surface area contributed by atoms with Crippen LogP contribution >= 0.6 is 24.2 Å². The molecule has 0 saturated heterocycles. The number of rotatable bonds is 10. The van der Waals surface area contributed by atoms with Gasteiger partial charge in [-0.1, -0.05) is 20.3 Å². The zero-order chi connectivity index (χ0) is 12.2. The molecule has 0 fully saturated rings. The molecule has 0 spiro atoms. The molecule has 0 aromatic rings. The summed E-state index contributed by atoms with van der Waals surface area (Å²) in [5.41, 5.74) is 0. The van der Waals surface area contributed by atoms with E-state index in [1.807, 2.05) is 6.92 Å². The third kappa shape index (κ3) is 12.3. The predicted molar refractivity (Wildman–Crippen MR) is 80.2 cm³/mol. The van der Waals surface area contributed by atoms with Gasteiger partial charge >= 0.3 is 0 Å². The second-order valence-corrected chi connectivity index (χ2v) is 5.36. The summed E-state index contributed by atoms with van der Waals surface area (Å²) in [5.74, 6) is 1.25. The van der Waals surface area contributed by atoms with Crippen molar-refractivity contribution in [1.82, 2.24) is 10.6 Å². The average Bonchev–Trinajstić information content (AvgIpc) is 2.28. The third-order valence-electron chi connectivity index (χ3n) is 2.26. The lowest BCUT2D eigenvalue weighted by Gasteiger charge is -2.11. The Morgan fingerprint density at radius 1 is 1.18 bits per heavy atom. The fraction of sp³-hybridized carbons (Fsp3) is 0.917. The molecule has 0 aliphatic rings. The summed E-state index contributed by atoms with van der Waals surface area (Å²) in [4.78, 5) is 11.6. The maximum atomic E-state index is 11.6. The zero-order valence-corrected chi connectivity index (χ0v) is 12.9. The van der Waals surface area contributed by atoms with E-state index < -0.39 is 0 Å². The van der Waals surface area contributed by atoms with Crippen molar-refractivity contribution in [2.45, 2.75) is 45.3 Å². The number of carbonyl (C=O) groups is 1. The van der Waals surface area contributed by atoms with Gasteiger partial charge in [0.05, 0.1) is 5.25 Å². The lowest BCUT2D eigenvalue weighted by molar-refractivity contribution is -0.120. The van der Waals surface area contributed by atoms with E-state index >= 15 is 0 Å². The maximum Gasteiger partial charge on any atom is 0.232 e. The topological polar surface area (TPSA) is 41.1 Å². The van der Waals surface area contributed by atoms with Crippen LogP contribution in [0.2, 0.25) is 0 Å². The van der Waals surface area contributed by atoms with Crippen molar-refractivity contribution in [3.8, 4) is 0 Å². The van der Waals surface area contributed by atoms with Gasteiger partial charge in [-0.05, 0) is 32.1 Å². The summed E-state index contributed by atoms with van der Waals surface area (Å²) >= 11 is 1.74. The van der Waals surface area contributed by atoms with E-state index in [0.717, 1.165) is 31.8 Å². The summed E-state index contributed by atoms with van der Waals surface area (Å²) in [6.07, 6.45) is 3.53. The Hall–Kier alpha value is 0.0700. The van der Waals surface area contributed by atoms with Crippen molar-refractivity contribution in [1.29, 1.82) is 0 Å². The fourth-order valence-electron chi connectivity index (χ4n) is 1.20. The Kier molecular flexibility index (Phi) is 16.1. The van der Waals surface area contributed by atoms with Gasteiger partial charge in [0.25, 0.3) is 0 Å². The van der Waals surface area contributed by atoms with Gasteiger partial charge in [-0.2, -0.15) is 0 Å². The highest BCUT2D eigenvalue weighted by atomic mass is 35.5. The summed E-state index contributed by atoms with van der Waals surface area (Å²) in [6.45, 7) is 8.91. The molecular formula is C12H27ClN2OS. The first kappa shape index (κ1) is 19.4. The van der Waals surface area contributed by atoms with Gasteiger partial charge in [0.1, 0.15) is 0 Å². The van der Waals surface area contributed by atoms with Gasteiger partial charge in [-0.3, -0.25) is 4.79 Å². The molecule has 0 aliphatic heterocycles. The molecule has 1 atom stereocenters. The molecule has 3 nitrogen and oxygen atoms in total. The summed E-state index contributed by atoms with van der Waals surface area (Å²) in [6, 6.07) is 0. The molecule has 0 saturated carbocycles. The minimum Gasteiger partial charge on any atom is -0.354 e. The first-order chi connectivity index (χ1) is 7.72. The van der Waals surface area contributed by atoms with Crippen molar-refractivity contribution in [3.63, 3.8) is 0 Å². The smallest absolute Gasteiger partial charge is 0.232 e. The molecule has 0 aromatic carbocycles. The van der Waals surface area contributed by atoms with Gasteiger partial charge in [0, 0.05) is 13.1 Å². The van der Waals surface area contributed by atoms with Crippen LogP contribution in [0.4, 0.5) is 0 Å². The van der Waals surface area contributed by atoms with Crippen LogP contribution in [0, 0.1) is 0 Å². The van der Waals surface area contributed by atoms with Gasteiger partial charge in [0.2, 0.25) is 5.91 Å². The minimum atomic E-state index is 0. The summed E-state index contributed by atoms with van der Waals surface area (Å²) < 4.78 is 0. The lowest BCUT2D eigenvalue weighted by atomic mass is 10.4. The number of hydrogen-bond acceptors (Lipinski definition) is 3. The van der Waals surface area contributed by atoms with Crippen LogP contribution in [0.15, 0.2) is 0 Å². The van der Waals surface area contributed by atoms with Crippen molar-refractivity contribution >= 4 is 30.1 Å². The number of carbonyl (C=O) groups excluding carboxylic acids is 1. The number of nitrogens with one attached hydrogen (secondary N) is 2. The van der Waals surface area contributed by atoms with Crippen molar-refractivity contribution in [3.05, 3.63) is 0 Å². The monoisotopic (exact) mass is 282 g/mol. The molecule has 0 radical (unpaired) electrons. The maximum absolute atomic E-state index is 11.6. The number of amides is 1. The highest BCUT2D eigenvalue weighted by Crippen LogP contribution is 2.12. The van der Waals surface area contributed by atoms with Crippen molar-refractivity contribution in [2.75, 3.05) is 25.4 Å². The Balaban J connectivity index is 0. The zero-order valence-electron chi connectivity index (χ0n) is 11.3. The third-order valence-corrected chi connectivity index (χ3v) is 3.50. The van der Waals surface area contributed by atoms with Crippen LogP contribution < -0.4 is 10.6 Å². The van der Waals surface area contributed by atoms with E-state index in [4.69, 9.17) is 0 Å². The van der Waals surface area contributed by atoms with E-state index in [1.54, 1.807) is 11.8 Å². The second kappa shape index (κ2) is 14.1. The standard InChI is InChI=1S/C12H26N2OS.ClH/c1-4-6-10-16-11(3)12(15)14-9-8-13-7-5-2;/h11,13H,4-10H2,1-3H3,(H,14,15);1H.